The van der Waals surface area contributed by atoms with E-state index in [0.29, 0.717) is 38.6 Å². The Morgan fingerprint density at radius 2 is 1.96 bits per heavy atom. The molecule has 1 aliphatic rings. The molecule has 0 saturated carbocycles. The normalized spacial score (nSPS) is 17.3. The molecule has 0 aliphatic carbocycles. The van der Waals surface area contributed by atoms with Crippen LogP contribution in [0.15, 0.2) is 4.99 Å². The van der Waals surface area contributed by atoms with E-state index >= 15 is 0 Å². The molecule has 0 amide bonds. The van der Waals surface area contributed by atoms with Crippen LogP contribution in [0, 0.1) is 13.8 Å². The van der Waals surface area contributed by atoms with Gasteiger partial charge in [0.2, 0.25) is 0 Å². The second kappa shape index (κ2) is 10.9. The van der Waals surface area contributed by atoms with E-state index in [4.69, 9.17) is 4.74 Å². The number of aliphatic imine (C=N–C) groups is 1. The van der Waals surface area contributed by atoms with Gasteiger partial charge in [-0.15, -0.1) is 35.3 Å². The Morgan fingerprint density at radius 1 is 1.30 bits per heavy atom. The molecule has 1 aromatic heterocycles. The maximum Gasteiger partial charge on any atom is 0.191 e. The Morgan fingerprint density at radius 3 is 2.48 bits per heavy atom. The van der Waals surface area contributed by atoms with Gasteiger partial charge in [0.1, 0.15) is 0 Å². The molecule has 1 fully saturated rings. The van der Waals surface area contributed by atoms with Gasteiger partial charge in [-0.25, -0.2) is 13.4 Å². The van der Waals surface area contributed by atoms with Crippen LogP contribution in [0.25, 0.3) is 0 Å². The monoisotopic (exact) mass is 530 g/mol. The van der Waals surface area contributed by atoms with Crippen molar-refractivity contribution in [2.45, 2.75) is 44.8 Å². The fourth-order valence-corrected chi connectivity index (χ4v) is 5.03. The largest absolute Gasteiger partial charge is 0.381 e. The summed E-state index contributed by atoms with van der Waals surface area (Å²) >= 11 is 1.71. The summed E-state index contributed by atoms with van der Waals surface area (Å²) in [6.45, 7) is 8.69. The van der Waals surface area contributed by atoms with Crippen LogP contribution in [0.3, 0.4) is 0 Å². The molecule has 0 spiro atoms. The summed E-state index contributed by atoms with van der Waals surface area (Å²) in [5, 5.41) is 7.57. The zero-order chi connectivity index (χ0) is 19.2. The summed E-state index contributed by atoms with van der Waals surface area (Å²) in [7, 11) is -3.21. The Balaban J connectivity index is 0.00000364. The minimum atomic E-state index is -3.21. The molecule has 7 nitrogen and oxygen atoms in total. The highest BCUT2D eigenvalue weighted by molar-refractivity contribution is 14.0. The first-order valence-electron chi connectivity index (χ1n) is 9.00. The molecule has 0 atom stereocenters. The number of hydrogen-bond donors (Lipinski definition) is 2. The zero-order valence-corrected chi connectivity index (χ0v) is 20.5. The van der Waals surface area contributed by atoms with Gasteiger partial charge in [-0.3, -0.25) is 4.99 Å². The summed E-state index contributed by atoms with van der Waals surface area (Å²) in [5.41, 5.74) is 1.08. The summed E-state index contributed by atoms with van der Waals surface area (Å²) in [6, 6.07) is 0. The lowest BCUT2D eigenvalue weighted by atomic mass is 9.99. The summed E-state index contributed by atoms with van der Waals surface area (Å²) in [5.74, 6) is 0.645. The number of aromatic nitrogens is 1. The number of ether oxygens (including phenoxy) is 1. The summed E-state index contributed by atoms with van der Waals surface area (Å²) < 4.78 is 29.2. The van der Waals surface area contributed by atoms with Crippen LogP contribution in [0.2, 0.25) is 0 Å². The van der Waals surface area contributed by atoms with Gasteiger partial charge in [0, 0.05) is 43.9 Å². The molecule has 156 valence electrons. The van der Waals surface area contributed by atoms with Crippen LogP contribution in [-0.4, -0.2) is 63.2 Å². The fourth-order valence-electron chi connectivity index (χ4n) is 2.89. The highest BCUT2D eigenvalue weighted by Crippen LogP contribution is 2.29. The number of guanidine groups is 1. The molecule has 2 heterocycles. The number of nitrogens with one attached hydrogen (secondary N) is 2. The third kappa shape index (κ3) is 6.82. The van der Waals surface area contributed by atoms with Gasteiger partial charge >= 0.3 is 0 Å². The molecule has 2 N–H and O–H groups in total. The molecule has 0 unspecified atom stereocenters. The first kappa shape index (κ1) is 24.6. The minimum Gasteiger partial charge on any atom is -0.381 e. The van der Waals surface area contributed by atoms with Crippen molar-refractivity contribution in [2.24, 2.45) is 4.99 Å². The van der Waals surface area contributed by atoms with E-state index < -0.39 is 14.6 Å². The number of rotatable bonds is 7. The van der Waals surface area contributed by atoms with Gasteiger partial charge < -0.3 is 15.4 Å². The van der Waals surface area contributed by atoms with E-state index in [-0.39, 0.29) is 30.5 Å². The molecule has 0 radical (unpaired) electrons. The van der Waals surface area contributed by atoms with Crippen LogP contribution in [0.4, 0.5) is 0 Å². The first-order chi connectivity index (χ1) is 12.3. The third-order valence-corrected chi connectivity index (χ3v) is 8.01. The van der Waals surface area contributed by atoms with Crippen LogP contribution < -0.4 is 10.6 Å². The standard InChI is InChI=1S/C17H30N4O3S2.HI/c1-5-18-16(19-9-6-15-21-13(2)14(3)25-15)20-12-17(26(4,22)23)7-10-24-11-8-17;/h5-12H2,1-4H3,(H2,18,19,20);1H. The highest BCUT2D eigenvalue weighted by Gasteiger charge is 2.42. The molecule has 27 heavy (non-hydrogen) atoms. The molecule has 1 saturated heterocycles. The fraction of sp³-hybridized carbons (Fsp3) is 0.765. The first-order valence-corrected chi connectivity index (χ1v) is 11.7. The van der Waals surface area contributed by atoms with Gasteiger partial charge in [-0.1, -0.05) is 0 Å². The van der Waals surface area contributed by atoms with Crippen molar-refractivity contribution >= 4 is 51.1 Å². The average Bonchev–Trinajstić information content (AvgIpc) is 2.90. The molecule has 0 bridgehead atoms. The summed E-state index contributed by atoms with van der Waals surface area (Å²) in [4.78, 5) is 10.4. The van der Waals surface area contributed by atoms with E-state index in [0.717, 1.165) is 23.7 Å². The van der Waals surface area contributed by atoms with Crippen molar-refractivity contribution in [1.82, 2.24) is 15.6 Å². The maximum absolute atomic E-state index is 12.3. The number of hydrogen-bond acceptors (Lipinski definition) is 6. The number of nitrogens with zero attached hydrogens (tertiary/aromatic N) is 2. The predicted octanol–water partition coefficient (Wildman–Crippen LogP) is 2.07. The molecular weight excluding hydrogens is 499 g/mol. The lowest BCUT2D eigenvalue weighted by Crippen LogP contribution is -2.47. The maximum atomic E-state index is 12.3. The highest BCUT2D eigenvalue weighted by atomic mass is 127. The number of thiazole rings is 1. The number of sulfone groups is 1. The van der Waals surface area contributed by atoms with Crippen molar-refractivity contribution < 1.29 is 13.2 Å². The SMILES string of the molecule is CCNC(=NCC1(S(C)(=O)=O)CCOCC1)NCCc1nc(C)c(C)s1.I. The van der Waals surface area contributed by atoms with Gasteiger partial charge in [0.25, 0.3) is 0 Å². The topological polar surface area (TPSA) is 92.7 Å². The Hall–Kier alpha value is -0.460. The van der Waals surface area contributed by atoms with Crippen molar-refractivity contribution in [3.63, 3.8) is 0 Å². The molecule has 1 aliphatic heterocycles. The molecular formula is C17H31IN4O3S2. The van der Waals surface area contributed by atoms with Gasteiger partial charge in [0.05, 0.1) is 22.0 Å². The van der Waals surface area contributed by atoms with Crippen molar-refractivity contribution in [3.05, 3.63) is 15.6 Å². The Labute approximate surface area is 183 Å². The second-order valence-electron chi connectivity index (χ2n) is 6.69. The smallest absolute Gasteiger partial charge is 0.191 e. The van der Waals surface area contributed by atoms with Crippen molar-refractivity contribution in [1.29, 1.82) is 0 Å². The minimum absolute atomic E-state index is 0. The van der Waals surface area contributed by atoms with E-state index in [1.54, 1.807) is 11.3 Å². The second-order valence-corrected chi connectivity index (χ2v) is 10.4. The predicted molar refractivity (Wildman–Crippen MR) is 122 cm³/mol. The van der Waals surface area contributed by atoms with E-state index in [1.807, 2.05) is 13.8 Å². The Kier molecular flexibility index (Phi) is 9.93. The average molecular weight is 530 g/mol. The lowest BCUT2D eigenvalue weighted by Gasteiger charge is -2.34. The third-order valence-electron chi connectivity index (χ3n) is 4.76. The van der Waals surface area contributed by atoms with Crippen LogP contribution in [0.5, 0.6) is 0 Å². The number of aryl methyl sites for hydroxylation is 2. The van der Waals surface area contributed by atoms with E-state index in [9.17, 15) is 8.42 Å². The van der Waals surface area contributed by atoms with Crippen LogP contribution in [-0.2, 0) is 21.0 Å². The molecule has 10 heteroatoms. The zero-order valence-electron chi connectivity index (χ0n) is 16.5. The van der Waals surface area contributed by atoms with E-state index in [2.05, 4.69) is 27.5 Å². The van der Waals surface area contributed by atoms with Gasteiger partial charge in [-0.2, -0.15) is 0 Å². The van der Waals surface area contributed by atoms with Gasteiger partial charge in [0.15, 0.2) is 15.8 Å². The lowest BCUT2D eigenvalue weighted by molar-refractivity contribution is 0.0768. The molecule has 0 aromatic carbocycles. The summed E-state index contributed by atoms with van der Waals surface area (Å²) in [6.07, 6.45) is 3.11. The molecule has 2 rings (SSSR count). The van der Waals surface area contributed by atoms with Crippen LogP contribution >= 0.6 is 35.3 Å². The van der Waals surface area contributed by atoms with Gasteiger partial charge in [-0.05, 0) is 33.6 Å². The van der Waals surface area contributed by atoms with Crippen molar-refractivity contribution in [2.75, 3.05) is 39.1 Å². The molecule has 1 aromatic rings. The van der Waals surface area contributed by atoms with Crippen molar-refractivity contribution in [3.8, 4) is 0 Å². The Bertz CT molecular complexity index is 709. The number of halogens is 1. The van der Waals surface area contributed by atoms with Crippen LogP contribution in [0.1, 0.15) is 35.3 Å². The quantitative estimate of drug-likeness (QED) is 0.319. The van der Waals surface area contributed by atoms with E-state index in [1.165, 1.54) is 11.1 Å².